The lowest BCUT2D eigenvalue weighted by Gasteiger charge is -2.13. The molecule has 0 N–H and O–H groups in total. The number of aliphatic imine (C=N–C) groups is 1. The van der Waals surface area contributed by atoms with Crippen LogP contribution in [0.15, 0.2) is 28.1 Å². The van der Waals surface area contributed by atoms with Crippen LogP contribution >= 0.6 is 0 Å². The van der Waals surface area contributed by atoms with Crippen molar-refractivity contribution in [3.63, 3.8) is 0 Å². The van der Waals surface area contributed by atoms with Gasteiger partial charge in [0, 0.05) is 11.8 Å². The third-order valence-electron chi connectivity index (χ3n) is 2.82. The molecule has 0 radical (unpaired) electrons. The minimum Gasteiger partial charge on any atom is -0.224 e. The van der Waals surface area contributed by atoms with E-state index in [1.54, 1.807) is 0 Å². The van der Waals surface area contributed by atoms with Crippen molar-refractivity contribution in [2.24, 2.45) is 4.99 Å². The van der Waals surface area contributed by atoms with Crippen molar-refractivity contribution in [3.8, 4) is 0 Å². The molecule has 6 heteroatoms. The molecule has 2 rings (SSSR count). The first-order chi connectivity index (χ1) is 7.91. The second kappa shape index (κ2) is 3.75. The molecule has 1 saturated carbocycles. The van der Waals surface area contributed by atoms with Crippen molar-refractivity contribution >= 4 is 15.9 Å². The van der Waals surface area contributed by atoms with Gasteiger partial charge in [0.1, 0.15) is 11.4 Å². The third kappa shape index (κ3) is 2.01. The van der Waals surface area contributed by atoms with Crippen molar-refractivity contribution in [3.05, 3.63) is 29.6 Å². The normalized spacial score (nSPS) is 17.3. The lowest BCUT2D eigenvalue weighted by molar-refractivity contribution is 0.539. The van der Waals surface area contributed by atoms with E-state index in [1.165, 1.54) is 24.3 Å². The van der Waals surface area contributed by atoms with Crippen LogP contribution in [0.25, 0.3) is 0 Å². The molecule has 0 aliphatic heterocycles. The lowest BCUT2D eigenvalue weighted by Crippen LogP contribution is -2.13. The molecule has 1 aliphatic carbocycles. The molecule has 4 nitrogen and oxygen atoms in total. The van der Waals surface area contributed by atoms with E-state index >= 15 is 0 Å². The van der Waals surface area contributed by atoms with Gasteiger partial charge in [-0.2, -0.15) is 4.99 Å². The number of isocyanates is 1. The molecule has 1 aromatic rings. The van der Waals surface area contributed by atoms with E-state index < -0.39 is 21.2 Å². The minimum absolute atomic E-state index is 0.00847. The highest BCUT2D eigenvalue weighted by Gasteiger charge is 2.49. The number of rotatable bonds is 3. The Kier molecular flexibility index (Phi) is 2.64. The topological polar surface area (TPSA) is 63.6 Å². The fourth-order valence-electron chi connectivity index (χ4n) is 1.89. The zero-order valence-electron chi connectivity index (χ0n) is 9.10. The Hall–Kier alpha value is -1.52. The fourth-order valence-corrected chi connectivity index (χ4v) is 2.87. The van der Waals surface area contributed by atoms with Gasteiger partial charge in [0.15, 0.2) is 9.84 Å². The Balaban J connectivity index is 2.73. The summed E-state index contributed by atoms with van der Waals surface area (Å²) in [6.45, 7) is 0. The molecule has 0 saturated heterocycles. The molecule has 90 valence electrons. The molecule has 0 atom stereocenters. The molecule has 0 spiro atoms. The smallest absolute Gasteiger partial charge is 0.224 e. The molecule has 0 aromatic heterocycles. The first kappa shape index (κ1) is 12.0. The van der Waals surface area contributed by atoms with Crippen molar-refractivity contribution in [1.29, 1.82) is 0 Å². The van der Waals surface area contributed by atoms with Crippen LogP contribution in [-0.4, -0.2) is 20.8 Å². The second-order valence-electron chi connectivity index (χ2n) is 4.12. The standard InChI is InChI=1S/C11H10FNO3S/c1-17(15,16)9-4-2-3-8(12)10(9)11(5-6-11)13-7-14/h2-4H,5-6H2,1H3. The zero-order valence-corrected chi connectivity index (χ0v) is 9.92. The number of hydrogen-bond donors (Lipinski definition) is 0. The van der Waals surface area contributed by atoms with E-state index in [9.17, 15) is 17.6 Å². The molecule has 0 amide bonds. The summed E-state index contributed by atoms with van der Waals surface area (Å²) in [6.07, 6.45) is 3.32. The molecular formula is C11H10FNO3S. The summed E-state index contributed by atoms with van der Waals surface area (Å²) < 4.78 is 36.9. The quantitative estimate of drug-likeness (QED) is 0.608. The fraction of sp³-hybridized carbons (Fsp3) is 0.364. The lowest BCUT2D eigenvalue weighted by atomic mass is 10.0. The van der Waals surface area contributed by atoms with Gasteiger partial charge in [-0.15, -0.1) is 0 Å². The van der Waals surface area contributed by atoms with Crippen LogP contribution in [0.4, 0.5) is 4.39 Å². The summed E-state index contributed by atoms with van der Waals surface area (Å²) in [6, 6.07) is 3.83. The molecule has 0 unspecified atom stereocenters. The van der Waals surface area contributed by atoms with Crippen molar-refractivity contribution in [2.75, 3.05) is 6.26 Å². The van der Waals surface area contributed by atoms with Crippen LogP contribution in [0.3, 0.4) is 0 Å². The Bertz CT molecular complexity index is 614. The maximum Gasteiger partial charge on any atom is 0.235 e. The Morgan fingerprint density at radius 3 is 2.53 bits per heavy atom. The summed E-state index contributed by atoms with van der Waals surface area (Å²) in [5.41, 5.74) is -1.03. The highest BCUT2D eigenvalue weighted by Crippen LogP contribution is 2.51. The molecule has 17 heavy (non-hydrogen) atoms. The van der Waals surface area contributed by atoms with Gasteiger partial charge >= 0.3 is 0 Å². The zero-order chi connectivity index (χ0) is 12.7. The molecule has 1 fully saturated rings. The molecule has 0 bridgehead atoms. The Labute approximate surface area is 98.1 Å². The summed E-state index contributed by atoms with van der Waals surface area (Å²) in [4.78, 5) is 13.8. The number of hydrogen-bond acceptors (Lipinski definition) is 4. The minimum atomic E-state index is -3.55. The molecule has 1 aromatic carbocycles. The maximum absolute atomic E-state index is 13.8. The largest absolute Gasteiger partial charge is 0.235 e. The molecule has 1 aliphatic rings. The summed E-state index contributed by atoms with van der Waals surface area (Å²) >= 11 is 0. The average Bonchev–Trinajstić information content (AvgIpc) is 2.97. The van der Waals surface area contributed by atoms with Gasteiger partial charge in [-0.25, -0.2) is 17.6 Å². The van der Waals surface area contributed by atoms with Gasteiger partial charge < -0.3 is 0 Å². The monoisotopic (exact) mass is 255 g/mol. The van der Waals surface area contributed by atoms with Crippen LogP contribution in [0.5, 0.6) is 0 Å². The number of carbonyl (C=O) groups excluding carboxylic acids is 1. The summed E-state index contributed by atoms with van der Waals surface area (Å²) in [5.74, 6) is -0.649. The van der Waals surface area contributed by atoms with E-state index in [1.807, 2.05) is 0 Å². The first-order valence-corrected chi connectivity index (χ1v) is 6.88. The van der Waals surface area contributed by atoms with Crippen LogP contribution in [0.2, 0.25) is 0 Å². The molecular weight excluding hydrogens is 245 g/mol. The van der Waals surface area contributed by atoms with Gasteiger partial charge in [-0.1, -0.05) is 6.07 Å². The highest BCUT2D eigenvalue weighted by atomic mass is 32.2. The van der Waals surface area contributed by atoms with Crippen LogP contribution in [-0.2, 0) is 20.2 Å². The van der Waals surface area contributed by atoms with Gasteiger partial charge in [-0.05, 0) is 25.0 Å². The average molecular weight is 255 g/mol. The summed E-state index contributed by atoms with van der Waals surface area (Å²) in [7, 11) is -3.55. The van der Waals surface area contributed by atoms with E-state index in [0.29, 0.717) is 12.8 Å². The number of sulfone groups is 1. The van der Waals surface area contributed by atoms with Crippen LogP contribution in [0, 0.1) is 5.82 Å². The van der Waals surface area contributed by atoms with Crippen molar-refractivity contribution < 1.29 is 17.6 Å². The van der Waals surface area contributed by atoms with E-state index in [4.69, 9.17) is 0 Å². The maximum atomic E-state index is 13.8. The van der Waals surface area contributed by atoms with Crippen LogP contribution in [0.1, 0.15) is 18.4 Å². The van der Waals surface area contributed by atoms with Gasteiger partial charge in [0.05, 0.1) is 4.90 Å². The summed E-state index contributed by atoms with van der Waals surface area (Å²) in [5, 5.41) is 0. The van der Waals surface area contributed by atoms with Gasteiger partial charge in [-0.3, -0.25) is 0 Å². The van der Waals surface area contributed by atoms with E-state index in [-0.39, 0.29) is 10.5 Å². The predicted octanol–water partition coefficient (Wildman–Crippen LogP) is 1.55. The van der Waals surface area contributed by atoms with Crippen LogP contribution < -0.4 is 0 Å². The Morgan fingerprint density at radius 2 is 2.06 bits per heavy atom. The number of nitrogens with zero attached hydrogens (tertiary/aromatic N) is 1. The predicted molar refractivity (Wildman–Crippen MR) is 58.5 cm³/mol. The van der Waals surface area contributed by atoms with Crippen molar-refractivity contribution in [2.45, 2.75) is 23.3 Å². The first-order valence-electron chi connectivity index (χ1n) is 4.99. The SMILES string of the molecule is CS(=O)(=O)c1cccc(F)c1C1(N=C=O)CC1. The molecule has 0 heterocycles. The van der Waals surface area contributed by atoms with Crippen molar-refractivity contribution in [1.82, 2.24) is 0 Å². The van der Waals surface area contributed by atoms with Gasteiger partial charge in [0.25, 0.3) is 0 Å². The third-order valence-corrected chi connectivity index (χ3v) is 3.96. The number of halogens is 1. The van der Waals surface area contributed by atoms with E-state index in [0.717, 1.165) is 6.26 Å². The Morgan fingerprint density at radius 1 is 1.41 bits per heavy atom. The van der Waals surface area contributed by atoms with E-state index in [2.05, 4.69) is 4.99 Å². The number of benzene rings is 1. The highest BCUT2D eigenvalue weighted by molar-refractivity contribution is 7.90. The van der Waals surface area contributed by atoms with Gasteiger partial charge in [0.2, 0.25) is 6.08 Å². The second-order valence-corrected chi connectivity index (χ2v) is 6.10.